The second-order valence-corrected chi connectivity index (χ2v) is 6.56. The molecule has 2 aliphatic rings. The number of esters is 1. The molecular formula is C16H18N2O3S. The van der Waals surface area contributed by atoms with Gasteiger partial charge in [-0.1, -0.05) is 11.8 Å². The van der Waals surface area contributed by atoms with Gasteiger partial charge in [-0.3, -0.25) is 9.59 Å². The summed E-state index contributed by atoms with van der Waals surface area (Å²) in [5.74, 6) is 0.356. The number of rotatable bonds is 3. The van der Waals surface area contributed by atoms with Crippen molar-refractivity contribution in [3.8, 4) is 0 Å². The predicted octanol–water partition coefficient (Wildman–Crippen LogP) is 2.78. The molecule has 2 atom stereocenters. The lowest BCUT2D eigenvalue weighted by atomic mass is 9.85. The zero-order chi connectivity index (χ0) is 15.9. The third-order valence-electron chi connectivity index (χ3n) is 4.19. The highest BCUT2D eigenvalue weighted by atomic mass is 32.2. The summed E-state index contributed by atoms with van der Waals surface area (Å²) in [6.07, 6.45) is 4.43. The molecule has 1 fully saturated rings. The van der Waals surface area contributed by atoms with Crippen LogP contribution in [0.15, 0.2) is 17.0 Å². The summed E-state index contributed by atoms with van der Waals surface area (Å²) in [6, 6.07) is 1.79. The molecule has 22 heavy (non-hydrogen) atoms. The van der Waals surface area contributed by atoms with Crippen LogP contribution < -0.4 is 0 Å². The average molecular weight is 318 g/mol. The molecule has 5 nitrogen and oxygen atoms in total. The van der Waals surface area contributed by atoms with Gasteiger partial charge >= 0.3 is 5.97 Å². The molecule has 2 aliphatic carbocycles. The summed E-state index contributed by atoms with van der Waals surface area (Å²) in [5, 5.41) is 0.621. The predicted molar refractivity (Wildman–Crippen MR) is 83.1 cm³/mol. The second kappa shape index (κ2) is 5.83. The molecule has 3 rings (SSSR count). The fraction of sp³-hybridized carbons (Fsp3) is 0.500. The number of fused-ring (bicyclic) bond motifs is 2. The molecule has 0 aromatic carbocycles. The van der Waals surface area contributed by atoms with Crippen LogP contribution in [0.5, 0.6) is 0 Å². The summed E-state index contributed by atoms with van der Waals surface area (Å²) in [6.45, 7) is 3.24. The van der Waals surface area contributed by atoms with E-state index in [1.54, 1.807) is 6.07 Å². The number of carbonyl (C=O) groups excluding carboxylic acids is 2. The Morgan fingerprint density at radius 2 is 2.05 bits per heavy atom. The zero-order valence-corrected chi connectivity index (χ0v) is 13.7. The van der Waals surface area contributed by atoms with Gasteiger partial charge < -0.3 is 4.74 Å². The van der Waals surface area contributed by atoms with E-state index in [9.17, 15) is 9.59 Å². The fourth-order valence-corrected chi connectivity index (χ4v) is 3.71. The monoisotopic (exact) mass is 318 g/mol. The van der Waals surface area contributed by atoms with Crippen LogP contribution in [-0.4, -0.2) is 28.0 Å². The minimum absolute atomic E-state index is 0.0345. The molecule has 2 bridgehead atoms. The molecule has 6 heteroatoms. The van der Waals surface area contributed by atoms with Crippen LogP contribution in [0.2, 0.25) is 0 Å². The van der Waals surface area contributed by atoms with Crippen molar-refractivity contribution in [2.45, 2.75) is 38.3 Å². The van der Waals surface area contributed by atoms with Crippen molar-refractivity contribution < 1.29 is 14.3 Å². The van der Waals surface area contributed by atoms with Gasteiger partial charge in [-0.05, 0) is 38.5 Å². The first-order chi connectivity index (χ1) is 10.5. The van der Waals surface area contributed by atoms with E-state index in [0.29, 0.717) is 22.2 Å². The Balaban J connectivity index is 2.16. The normalized spacial score (nSPS) is 23.9. The molecule has 1 aromatic rings. The molecule has 116 valence electrons. The van der Waals surface area contributed by atoms with Gasteiger partial charge in [0.2, 0.25) is 0 Å². The number of Topliss-reactive ketones (excluding diaryl/α,β-unsaturated/α-hetero) is 1. The summed E-state index contributed by atoms with van der Waals surface area (Å²) in [5.41, 5.74) is 1.86. The van der Waals surface area contributed by atoms with Gasteiger partial charge in [-0.2, -0.15) is 0 Å². The Labute approximate surface area is 133 Å². The highest BCUT2D eigenvalue weighted by Gasteiger charge is 2.43. The third-order valence-corrected chi connectivity index (χ3v) is 4.74. The van der Waals surface area contributed by atoms with E-state index in [1.807, 2.05) is 13.2 Å². The number of hydrogen-bond donors (Lipinski definition) is 0. The maximum atomic E-state index is 12.8. The molecule has 0 N–H and O–H groups in total. The lowest BCUT2D eigenvalue weighted by Crippen LogP contribution is -2.24. The Morgan fingerprint density at radius 1 is 1.32 bits per heavy atom. The molecule has 0 amide bonds. The molecule has 0 spiro atoms. The van der Waals surface area contributed by atoms with Gasteiger partial charge in [-0.25, -0.2) is 9.97 Å². The van der Waals surface area contributed by atoms with E-state index in [4.69, 9.17) is 4.74 Å². The van der Waals surface area contributed by atoms with E-state index in [0.717, 1.165) is 25.0 Å². The number of carbonyl (C=O) groups is 2. The second-order valence-electron chi connectivity index (χ2n) is 5.79. The standard InChI is InChI=1S/C16H18N2O3S/c1-8-6-12(18-16(17-8)22-3)13-14(20)10-4-5-11(7-10)15(13)21-9(2)19/h6,10-11H,4-5,7H2,1-3H3/t10-,11+/m0/s1. The number of hydrogen-bond acceptors (Lipinski definition) is 6. The van der Waals surface area contributed by atoms with Crippen molar-refractivity contribution in [3.63, 3.8) is 0 Å². The molecule has 0 radical (unpaired) electrons. The number of allylic oxidation sites excluding steroid dienone is 2. The first-order valence-corrected chi connectivity index (χ1v) is 8.59. The minimum atomic E-state index is -0.387. The summed E-state index contributed by atoms with van der Waals surface area (Å²) in [7, 11) is 0. The highest BCUT2D eigenvalue weighted by Crippen LogP contribution is 2.46. The average Bonchev–Trinajstić information content (AvgIpc) is 2.90. The van der Waals surface area contributed by atoms with Gasteiger partial charge in [0.05, 0.1) is 11.3 Å². The lowest BCUT2D eigenvalue weighted by Gasteiger charge is -2.24. The van der Waals surface area contributed by atoms with E-state index in [-0.39, 0.29) is 23.6 Å². The molecular weight excluding hydrogens is 300 g/mol. The smallest absolute Gasteiger partial charge is 0.307 e. The molecule has 1 heterocycles. The Bertz CT molecular complexity index is 684. The Morgan fingerprint density at radius 3 is 2.73 bits per heavy atom. The molecule has 0 aliphatic heterocycles. The molecule has 1 saturated carbocycles. The van der Waals surface area contributed by atoms with E-state index < -0.39 is 0 Å². The summed E-state index contributed by atoms with van der Waals surface area (Å²) < 4.78 is 5.42. The van der Waals surface area contributed by atoms with Gasteiger partial charge in [0, 0.05) is 24.5 Å². The van der Waals surface area contributed by atoms with Crippen LogP contribution in [0.3, 0.4) is 0 Å². The maximum Gasteiger partial charge on any atom is 0.307 e. The quantitative estimate of drug-likeness (QED) is 0.485. The topological polar surface area (TPSA) is 69.2 Å². The van der Waals surface area contributed by atoms with Crippen LogP contribution in [0, 0.1) is 18.8 Å². The first-order valence-electron chi connectivity index (χ1n) is 7.36. The van der Waals surface area contributed by atoms with Crippen LogP contribution in [0.25, 0.3) is 5.57 Å². The summed E-state index contributed by atoms with van der Waals surface area (Å²) >= 11 is 1.43. The largest absolute Gasteiger partial charge is 0.430 e. The molecule has 0 saturated heterocycles. The number of ether oxygens (including phenoxy) is 1. The summed E-state index contributed by atoms with van der Waals surface area (Å²) in [4.78, 5) is 33.0. The molecule has 1 aromatic heterocycles. The number of aromatic nitrogens is 2. The van der Waals surface area contributed by atoms with Crippen LogP contribution in [0.4, 0.5) is 0 Å². The fourth-order valence-electron chi connectivity index (χ4n) is 3.29. The number of aryl methyl sites for hydroxylation is 1. The van der Waals surface area contributed by atoms with Crippen molar-refractivity contribution in [3.05, 3.63) is 23.2 Å². The Hall–Kier alpha value is -1.69. The van der Waals surface area contributed by atoms with Crippen molar-refractivity contribution in [1.82, 2.24) is 9.97 Å². The van der Waals surface area contributed by atoms with Gasteiger partial charge in [0.1, 0.15) is 5.76 Å². The number of thioether (sulfide) groups is 1. The minimum Gasteiger partial charge on any atom is -0.430 e. The zero-order valence-electron chi connectivity index (χ0n) is 12.9. The van der Waals surface area contributed by atoms with Crippen LogP contribution in [-0.2, 0) is 14.3 Å². The SMILES string of the molecule is CSc1nc(C)cc(C2=C(OC(C)=O)[C@@H]3CC[C@@H](C3)C2=O)n1. The van der Waals surface area contributed by atoms with Crippen molar-refractivity contribution >= 4 is 29.1 Å². The van der Waals surface area contributed by atoms with Crippen molar-refractivity contribution in [1.29, 1.82) is 0 Å². The van der Waals surface area contributed by atoms with Crippen molar-refractivity contribution in [2.24, 2.45) is 11.8 Å². The van der Waals surface area contributed by atoms with Crippen molar-refractivity contribution in [2.75, 3.05) is 6.26 Å². The third kappa shape index (κ3) is 2.67. The van der Waals surface area contributed by atoms with Gasteiger partial charge in [0.15, 0.2) is 10.9 Å². The number of ketones is 1. The van der Waals surface area contributed by atoms with Crippen LogP contribution >= 0.6 is 11.8 Å². The van der Waals surface area contributed by atoms with E-state index in [2.05, 4.69) is 9.97 Å². The first kappa shape index (κ1) is 15.2. The van der Waals surface area contributed by atoms with Gasteiger partial charge in [-0.15, -0.1) is 0 Å². The molecule has 0 unspecified atom stereocenters. The van der Waals surface area contributed by atoms with Gasteiger partial charge in [0.25, 0.3) is 0 Å². The van der Waals surface area contributed by atoms with Crippen LogP contribution in [0.1, 0.15) is 37.6 Å². The number of nitrogens with zero attached hydrogens (tertiary/aromatic N) is 2. The maximum absolute atomic E-state index is 12.8. The Kier molecular flexibility index (Phi) is 4.04. The lowest BCUT2D eigenvalue weighted by molar-refractivity contribution is -0.137. The highest BCUT2D eigenvalue weighted by molar-refractivity contribution is 7.98. The van der Waals surface area contributed by atoms with E-state index in [1.165, 1.54) is 18.7 Å². The van der Waals surface area contributed by atoms with E-state index >= 15 is 0 Å².